The van der Waals surface area contributed by atoms with E-state index in [2.05, 4.69) is 20.9 Å². The lowest BCUT2D eigenvalue weighted by atomic mass is 10.1. The summed E-state index contributed by atoms with van der Waals surface area (Å²) >= 11 is 3.30. The Morgan fingerprint density at radius 2 is 1.95 bits per heavy atom. The zero-order valence-corrected chi connectivity index (χ0v) is 13.2. The molecule has 1 heterocycles. The van der Waals surface area contributed by atoms with Gasteiger partial charge in [-0.15, -0.1) is 0 Å². The molecular weight excluding hydrogens is 316 g/mol. The van der Waals surface area contributed by atoms with Crippen LogP contribution in [0.3, 0.4) is 0 Å². The summed E-state index contributed by atoms with van der Waals surface area (Å²) in [4.78, 5) is 18.5. The third kappa shape index (κ3) is 3.67. The van der Waals surface area contributed by atoms with E-state index in [0.717, 1.165) is 5.56 Å². The summed E-state index contributed by atoms with van der Waals surface area (Å²) in [6, 6.07) is 13.6. The van der Waals surface area contributed by atoms with Crippen LogP contribution in [0.4, 0.5) is 0 Å². The van der Waals surface area contributed by atoms with Gasteiger partial charge in [-0.05, 0) is 47.5 Å². The highest BCUT2D eigenvalue weighted by Crippen LogP contribution is 2.15. The van der Waals surface area contributed by atoms with Gasteiger partial charge in [-0.1, -0.05) is 30.3 Å². The summed E-state index contributed by atoms with van der Waals surface area (Å²) in [6.45, 7) is 4.66. The summed E-state index contributed by atoms with van der Waals surface area (Å²) in [6.07, 6.45) is 1.64. The van der Waals surface area contributed by atoms with Crippen molar-refractivity contribution in [3.05, 3.63) is 64.4 Å². The van der Waals surface area contributed by atoms with Gasteiger partial charge in [0.2, 0.25) is 0 Å². The first kappa shape index (κ1) is 14.7. The van der Waals surface area contributed by atoms with Crippen LogP contribution in [0.25, 0.3) is 0 Å². The summed E-state index contributed by atoms with van der Waals surface area (Å²) in [7, 11) is 0. The van der Waals surface area contributed by atoms with Crippen LogP contribution in [0.1, 0.15) is 29.8 Å². The number of carbonyl (C=O) groups excluding carboxylic acids is 1. The average molecular weight is 333 g/mol. The van der Waals surface area contributed by atoms with Crippen LogP contribution in [0, 0.1) is 0 Å². The van der Waals surface area contributed by atoms with Gasteiger partial charge in [0.25, 0.3) is 5.91 Å². The number of pyridine rings is 1. The van der Waals surface area contributed by atoms with E-state index < -0.39 is 0 Å². The topological polar surface area (TPSA) is 33.2 Å². The fraction of sp³-hybridized carbons (Fsp3) is 0.250. The van der Waals surface area contributed by atoms with Crippen molar-refractivity contribution in [2.45, 2.75) is 26.4 Å². The minimum Gasteiger partial charge on any atom is -0.332 e. The molecule has 1 amide bonds. The van der Waals surface area contributed by atoms with Gasteiger partial charge in [-0.2, -0.15) is 0 Å². The highest BCUT2D eigenvalue weighted by molar-refractivity contribution is 9.10. The van der Waals surface area contributed by atoms with Crippen molar-refractivity contribution in [2.75, 3.05) is 0 Å². The van der Waals surface area contributed by atoms with E-state index in [1.807, 2.05) is 49.1 Å². The van der Waals surface area contributed by atoms with Crippen LogP contribution >= 0.6 is 15.9 Å². The molecule has 0 spiro atoms. The lowest BCUT2D eigenvalue weighted by Crippen LogP contribution is -2.36. The molecule has 0 fully saturated rings. The van der Waals surface area contributed by atoms with Gasteiger partial charge in [-0.25, -0.2) is 4.98 Å². The average Bonchev–Trinajstić information content (AvgIpc) is 2.45. The fourth-order valence-electron chi connectivity index (χ4n) is 1.97. The Morgan fingerprint density at radius 1 is 1.25 bits per heavy atom. The number of benzene rings is 1. The van der Waals surface area contributed by atoms with Crippen molar-refractivity contribution in [2.24, 2.45) is 0 Å². The second kappa shape index (κ2) is 6.66. The largest absolute Gasteiger partial charge is 0.332 e. The maximum atomic E-state index is 12.6. The number of hydrogen-bond acceptors (Lipinski definition) is 2. The molecule has 0 aliphatic rings. The predicted octanol–water partition coefficient (Wildman–Crippen LogP) is 3.89. The van der Waals surface area contributed by atoms with Crippen LogP contribution in [0.2, 0.25) is 0 Å². The standard InChI is InChI=1S/C16H17BrN2O/c1-12(2)19(11-13-6-4-3-5-7-13)16(20)14-8-9-18-15(17)10-14/h3-10,12H,11H2,1-2H3. The van der Waals surface area contributed by atoms with Gasteiger partial charge in [-0.3, -0.25) is 4.79 Å². The summed E-state index contributed by atoms with van der Waals surface area (Å²) in [5.74, 6) is 0.0203. The van der Waals surface area contributed by atoms with Crippen LogP contribution in [-0.2, 0) is 6.54 Å². The third-order valence-corrected chi connectivity index (χ3v) is 3.49. The quantitative estimate of drug-likeness (QED) is 0.795. The van der Waals surface area contributed by atoms with Crippen molar-refractivity contribution < 1.29 is 4.79 Å². The zero-order chi connectivity index (χ0) is 14.5. The highest BCUT2D eigenvalue weighted by atomic mass is 79.9. The Balaban J connectivity index is 2.23. The minimum atomic E-state index is 0.0203. The number of hydrogen-bond donors (Lipinski definition) is 0. The highest BCUT2D eigenvalue weighted by Gasteiger charge is 2.19. The molecule has 3 nitrogen and oxygen atoms in total. The molecule has 1 aromatic carbocycles. The number of halogens is 1. The predicted molar refractivity (Wildman–Crippen MR) is 83.4 cm³/mol. The molecule has 2 aromatic rings. The van der Waals surface area contributed by atoms with Crippen LogP contribution < -0.4 is 0 Å². The molecular formula is C16H17BrN2O. The molecule has 1 aromatic heterocycles. The number of amides is 1. The first-order chi connectivity index (χ1) is 9.58. The monoisotopic (exact) mass is 332 g/mol. The van der Waals surface area contributed by atoms with Crippen LogP contribution in [0.5, 0.6) is 0 Å². The number of nitrogens with zero attached hydrogens (tertiary/aromatic N) is 2. The third-order valence-electron chi connectivity index (χ3n) is 3.05. The summed E-state index contributed by atoms with van der Waals surface area (Å²) in [5.41, 5.74) is 1.78. The van der Waals surface area contributed by atoms with E-state index in [0.29, 0.717) is 16.7 Å². The Morgan fingerprint density at radius 3 is 2.55 bits per heavy atom. The lowest BCUT2D eigenvalue weighted by Gasteiger charge is -2.27. The van der Waals surface area contributed by atoms with Crippen molar-refractivity contribution in [3.8, 4) is 0 Å². The SMILES string of the molecule is CC(C)N(Cc1ccccc1)C(=O)c1ccnc(Br)c1. The molecule has 0 atom stereocenters. The molecule has 0 aliphatic heterocycles. The smallest absolute Gasteiger partial charge is 0.254 e. The normalized spacial score (nSPS) is 10.6. The van der Waals surface area contributed by atoms with Crippen LogP contribution in [-0.4, -0.2) is 21.8 Å². The van der Waals surface area contributed by atoms with Gasteiger partial charge >= 0.3 is 0 Å². The van der Waals surface area contributed by atoms with E-state index in [4.69, 9.17) is 0 Å². The molecule has 104 valence electrons. The Kier molecular flexibility index (Phi) is 4.90. The first-order valence-electron chi connectivity index (χ1n) is 6.54. The van der Waals surface area contributed by atoms with E-state index in [9.17, 15) is 4.79 Å². The summed E-state index contributed by atoms with van der Waals surface area (Å²) < 4.78 is 0.673. The van der Waals surface area contributed by atoms with E-state index >= 15 is 0 Å². The molecule has 0 bridgehead atoms. The van der Waals surface area contributed by atoms with Crippen molar-refractivity contribution in [1.29, 1.82) is 0 Å². The number of rotatable bonds is 4. The van der Waals surface area contributed by atoms with Crippen LogP contribution in [0.15, 0.2) is 53.3 Å². The van der Waals surface area contributed by atoms with Gasteiger partial charge in [0.05, 0.1) is 0 Å². The molecule has 0 saturated carbocycles. The van der Waals surface area contributed by atoms with Crippen molar-refractivity contribution >= 4 is 21.8 Å². The maximum Gasteiger partial charge on any atom is 0.254 e. The van der Waals surface area contributed by atoms with Crippen molar-refractivity contribution in [3.63, 3.8) is 0 Å². The molecule has 0 unspecified atom stereocenters. The summed E-state index contributed by atoms with van der Waals surface area (Å²) in [5, 5.41) is 0. The Hall–Kier alpha value is -1.68. The Labute approximate surface area is 127 Å². The molecule has 4 heteroatoms. The van der Waals surface area contributed by atoms with E-state index in [1.54, 1.807) is 18.3 Å². The first-order valence-corrected chi connectivity index (χ1v) is 7.33. The second-order valence-corrected chi connectivity index (χ2v) is 5.69. The molecule has 2 rings (SSSR count). The van der Waals surface area contributed by atoms with Crippen molar-refractivity contribution in [1.82, 2.24) is 9.88 Å². The molecule has 0 radical (unpaired) electrons. The maximum absolute atomic E-state index is 12.6. The van der Waals surface area contributed by atoms with Gasteiger partial charge in [0.15, 0.2) is 0 Å². The number of aromatic nitrogens is 1. The lowest BCUT2D eigenvalue weighted by molar-refractivity contribution is 0.0690. The molecule has 20 heavy (non-hydrogen) atoms. The van der Waals surface area contributed by atoms with E-state index in [-0.39, 0.29) is 11.9 Å². The van der Waals surface area contributed by atoms with Gasteiger partial charge in [0, 0.05) is 24.3 Å². The molecule has 0 aliphatic carbocycles. The molecule has 0 saturated heterocycles. The molecule has 0 N–H and O–H groups in total. The Bertz CT molecular complexity index is 584. The number of carbonyl (C=O) groups is 1. The zero-order valence-electron chi connectivity index (χ0n) is 11.6. The van der Waals surface area contributed by atoms with E-state index in [1.165, 1.54) is 0 Å². The fourth-order valence-corrected chi connectivity index (χ4v) is 2.34. The minimum absolute atomic E-state index is 0.0203. The second-order valence-electron chi connectivity index (χ2n) is 4.88. The van der Waals surface area contributed by atoms with Gasteiger partial charge in [0.1, 0.15) is 4.60 Å². The van der Waals surface area contributed by atoms with Gasteiger partial charge < -0.3 is 4.90 Å².